The van der Waals surface area contributed by atoms with Crippen LogP contribution in [0.1, 0.15) is 21.5 Å². The van der Waals surface area contributed by atoms with Gasteiger partial charge >= 0.3 is 0 Å². The molecular weight excluding hydrogens is 360 g/mol. The van der Waals surface area contributed by atoms with Crippen molar-refractivity contribution < 1.29 is 4.79 Å². The molecule has 5 nitrogen and oxygen atoms in total. The lowest BCUT2D eigenvalue weighted by molar-refractivity contribution is 0.0746. The van der Waals surface area contributed by atoms with Crippen LogP contribution in [0.15, 0.2) is 72.9 Å². The predicted octanol–water partition coefficient (Wildman–Crippen LogP) is 3.96. The van der Waals surface area contributed by atoms with Gasteiger partial charge in [0.05, 0.1) is 0 Å². The van der Waals surface area contributed by atoms with Crippen molar-refractivity contribution >= 4 is 17.4 Å². The Morgan fingerprint density at radius 3 is 2.41 bits per heavy atom. The summed E-state index contributed by atoms with van der Waals surface area (Å²) in [6.07, 6.45) is 1.70. The number of piperazine rings is 1. The van der Waals surface area contributed by atoms with Crippen molar-refractivity contribution in [2.24, 2.45) is 0 Å². The first-order chi connectivity index (χ1) is 14.2. The van der Waals surface area contributed by atoms with Gasteiger partial charge in [-0.05, 0) is 36.8 Å². The standard InChI is InChI=1S/C24H26N4O/c1-19-7-9-20(10-8-19)18-26-23-17-21(11-12-25-23)24(29)28-15-13-27(14-16-28)22-5-3-2-4-6-22/h2-12,17H,13-16,18H2,1H3,(H,25,26). The summed E-state index contributed by atoms with van der Waals surface area (Å²) in [6.45, 7) is 5.90. The van der Waals surface area contributed by atoms with E-state index in [1.165, 1.54) is 16.8 Å². The first kappa shape index (κ1) is 19.0. The van der Waals surface area contributed by atoms with Crippen LogP contribution in [0.5, 0.6) is 0 Å². The van der Waals surface area contributed by atoms with E-state index in [1.807, 2.05) is 17.0 Å². The van der Waals surface area contributed by atoms with Gasteiger partial charge in [-0.1, -0.05) is 48.0 Å². The minimum absolute atomic E-state index is 0.0681. The molecule has 0 bridgehead atoms. The first-order valence-corrected chi connectivity index (χ1v) is 10.0. The molecule has 0 radical (unpaired) electrons. The second-order valence-electron chi connectivity index (χ2n) is 7.38. The predicted molar refractivity (Wildman–Crippen MR) is 117 cm³/mol. The maximum Gasteiger partial charge on any atom is 0.254 e. The van der Waals surface area contributed by atoms with Crippen molar-refractivity contribution in [3.05, 3.63) is 89.6 Å². The van der Waals surface area contributed by atoms with Gasteiger partial charge in [0.1, 0.15) is 5.82 Å². The van der Waals surface area contributed by atoms with E-state index < -0.39 is 0 Å². The highest BCUT2D eigenvalue weighted by molar-refractivity contribution is 5.95. The molecule has 2 heterocycles. The van der Waals surface area contributed by atoms with Crippen LogP contribution in [0.3, 0.4) is 0 Å². The molecule has 148 valence electrons. The zero-order valence-electron chi connectivity index (χ0n) is 16.7. The number of carbonyl (C=O) groups is 1. The second kappa shape index (κ2) is 8.78. The maximum atomic E-state index is 13.0. The highest BCUT2D eigenvalue weighted by Gasteiger charge is 2.22. The molecule has 4 rings (SSSR count). The zero-order chi connectivity index (χ0) is 20.1. The molecule has 0 atom stereocenters. The average Bonchev–Trinajstić information content (AvgIpc) is 2.79. The summed E-state index contributed by atoms with van der Waals surface area (Å²) >= 11 is 0. The van der Waals surface area contributed by atoms with Crippen molar-refractivity contribution in [2.75, 3.05) is 36.4 Å². The van der Waals surface area contributed by atoms with Gasteiger partial charge in [-0.2, -0.15) is 0 Å². The van der Waals surface area contributed by atoms with E-state index in [4.69, 9.17) is 0 Å². The van der Waals surface area contributed by atoms with Crippen LogP contribution in [0, 0.1) is 6.92 Å². The van der Waals surface area contributed by atoms with E-state index >= 15 is 0 Å². The maximum absolute atomic E-state index is 13.0. The average molecular weight is 386 g/mol. The molecule has 2 aromatic carbocycles. The van der Waals surface area contributed by atoms with Crippen LogP contribution in [0.2, 0.25) is 0 Å². The van der Waals surface area contributed by atoms with Crippen molar-refractivity contribution in [1.29, 1.82) is 0 Å². The summed E-state index contributed by atoms with van der Waals surface area (Å²) < 4.78 is 0. The Morgan fingerprint density at radius 1 is 0.966 bits per heavy atom. The molecule has 3 aromatic rings. The Kier molecular flexibility index (Phi) is 5.75. The van der Waals surface area contributed by atoms with E-state index in [0.717, 1.165) is 32.0 Å². The summed E-state index contributed by atoms with van der Waals surface area (Å²) in [7, 11) is 0. The Morgan fingerprint density at radius 2 is 1.69 bits per heavy atom. The molecule has 0 unspecified atom stereocenters. The van der Waals surface area contributed by atoms with Gasteiger partial charge in [0.15, 0.2) is 0 Å². The lowest BCUT2D eigenvalue weighted by atomic mass is 10.1. The summed E-state index contributed by atoms with van der Waals surface area (Å²) in [5.74, 6) is 0.790. The van der Waals surface area contributed by atoms with Gasteiger partial charge < -0.3 is 15.1 Å². The third-order valence-corrected chi connectivity index (χ3v) is 5.29. The highest BCUT2D eigenvalue weighted by Crippen LogP contribution is 2.18. The zero-order valence-corrected chi connectivity index (χ0v) is 16.7. The first-order valence-electron chi connectivity index (χ1n) is 10.0. The molecule has 1 aliphatic heterocycles. The molecule has 1 saturated heterocycles. The van der Waals surface area contributed by atoms with Gasteiger partial charge in [0, 0.05) is 50.2 Å². The van der Waals surface area contributed by atoms with E-state index in [-0.39, 0.29) is 5.91 Å². The fourth-order valence-electron chi connectivity index (χ4n) is 3.55. The minimum Gasteiger partial charge on any atom is -0.368 e. The molecule has 0 saturated carbocycles. The molecular formula is C24H26N4O. The largest absolute Gasteiger partial charge is 0.368 e. The second-order valence-corrected chi connectivity index (χ2v) is 7.38. The number of para-hydroxylation sites is 1. The van der Waals surface area contributed by atoms with E-state index in [0.29, 0.717) is 12.1 Å². The van der Waals surface area contributed by atoms with Crippen molar-refractivity contribution in [3.63, 3.8) is 0 Å². The summed E-state index contributed by atoms with van der Waals surface area (Å²) in [6, 6.07) is 22.4. The van der Waals surface area contributed by atoms with Gasteiger partial charge in [0.2, 0.25) is 0 Å². The Labute approximate surface area is 172 Å². The SMILES string of the molecule is Cc1ccc(CNc2cc(C(=O)N3CCN(c4ccccc4)CC3)ccn2)cc1. The number of aromatic nitrogens is 1. The van der Waals surface area contributed by atoms with Crippen LogP contribution in [0.25, 0.3) is 0 Å². The van der Waals surface area contributed by atoms with Crippen LogP contribution in [-0.4, -0.2) is 42.0 Å². The Bertz CT molecular complexity index is 948. The van der Waals surface area contributed by atoms with Crippen molar-refractivity contribution in [2.45, 2.75) is 13.5 Å². The van der Waals surface area contributed by atoms with Gasteiger partial charge in [-0.25, -0.2) is 4.98 Å². The number of benzene rings is 2. The number of carbonyl (C=O) groups excluding carboxylic acids is 1. The minimum atomic E-state index is 0.0681. The lowest BCUT2D eigenvalue weighted by Gasteiger charge is -2.36. The number of nitrogens with one attached hydrogen (secondary N) is 1. The smallest absolute Gasteiger partial charge is 0.254 e. The molecule has 1 fully saturated rings. The number of nitrogens with zero attached hydrogens (tertiary/aromatic N) is 3. The van der Waals surface area contributed by atoms with E-state index in [9.17, 15) is 4.79 Å². The fraction of sp³-hybridized carbons (Fsp3) is 0.250. The van der Waals surface area contributed by atoms with Crippen LogP contribution < -0.4 is 10.2 Å². The molecule has 1 aromatic heterocycles. The fourth-order valence-corrected chi connectivity index (χ4v) is 3.55. The number of hydrogen-bond acceptors (Lipinski definition) is 4. The van der Waals surface area contributed by atoms with Gasteiger partial charge in [-0.3, -0.25) is 4.79 Å². The molecule has 0 aliphatic carbocycles. The summed E-state index contributed by atoms with van der Waals surface area (Å²) in [5.41, 5.74) is 4.32. The number of pyridine rings is 1. The van der Waals surface area contributed by atoms with E-state index in [2.05, 4.69) is 70.7 Å². The van der Waals surface area contributed by atoms with Crippen LogP contribution >= 0.6 is 0 Å². The highest BCUT2D eigenvalue weighted by atomic mass is 16.2. The summed E-state index contributed by atoms with van der Waals surface area (Å²) in [5, 5.41) is 3.32. The molecule has 29 heavy (non-hydrogen) atoms. The molecule has 5 heteroatoms. The van der Waals surface area contributed by atoms with Crippen LogP contribution in [-0.2, 0) is 6.54 Å². The number of hydrogen-bond donors (Lipinski definition) is 1. The summed E-state index contributed by atoms with van der Waals surface area (Å²) in [4.78, 5) is 21.6. The normalized spacial score (nSPS) is 14.0. The van der Waals surface area contributed by atoms with Crippen molar-refractivity contribution in [1.82, 2.24) is 9.88 Å². The van der Waals surface area contributed by atoms with Gasteiger partial charge in [0.25, 0.3) is 5.91 Å². The Balaban J connectivity index is 1.35. The third kappa shape index (κ3) is 4.74. The molecule has 1 aliphatic rings. The van der Waals surface area contributed by atoms with E-state index in [1.54, 1.807) is 12.3 Å². The Hall–Kier alpha value is -3.34. The van der Waals surface area contributed by atoms with Crippen molar-refractivity contribution in [3.8, 4) is 0 Å². The quantitative estimate of drug-likeness (QED) is 0.721. The molecule has 1 amide bonds. The number of anilines is 2. The molecule has 0 spiro atoms. The topological polar surface area (TPSA) is 48.5 Å². The third-order valence-electron chi connectivity index (χ3n) is 5.29. The molecule has 1 N–H and O–H groups in total. The number of aryl methyl sites for hydroxylation is 1. The number of rotatable bonds is 5. The lowest BCUT2D eigenvalue weighted by Crippen LogP contribution is -2.48. The van der Waals surface area contributed by atoms with Gasteiger partial charge in [-0.15, -0.1) is 0 Å². The van der Waals surface area contributed by atoms with Crippen LogP contribution in [0.4, 0.5) is 11.5 Å². The number of amides is 1. The monoisotopic (exact) mass is 386 g/mol.